The summed E-state index contributed by atoms with van der Waals surface area (Å²) in [6, 6.07) is 13.8. The Hall–Kier alpha value is -2.26. The van der Waals surface area contributed by atoms with Crippen LogP contribution in [0.2, 0.25) is 0 Å². The Morgan fingerprint density at radius 3 is 2.38 bits per heavy atom. The van der Waals surface area contributed by atoms with E-state index in [-0.39, 0.29) is 17.5 Å². The molecular weight excluding hydrogens is 324 g/mol. The van der Waals surface area contributed by atoms with E-state index in [1.165, 1.54) is 6.42 Å². The molecule has 4 rings (SSSR count). The minimum atomic E-state index is -0.449. The van der Waals surface area contributed by atoms with Gasteiger partial charge in [-0.2, -0.15) is 0 Å². The van der Waals surface area contributed by atoms with Crippen molar-refractivity contribution in [1.29, 1.82) is 0 Å². The van der Waals surface area contributed by atoms with Gasteiger partial charge < -0.3 is 4.74 Å². The molecule has 1 unspecified atom stereocenters. The van der Waals surface area contributed by atoms with Gasteiger partial charge in [-0.3, -0.25) is 9.59 Å². The number of ether oxygens (including phenoxy) is 1. The molecule has 0 N–H and O–H groups in total. The summed E-state index contributed by atoms with van der Waals surface area (Å²) >= 11 is 0. The Kier molecular flexibility index (Phi) is 4.73. The number of Topliss-reactive ketones (excluding diaryl/α,β-unsaturated/α-hetero) is 2. The normalized spacial score (nSPS) is 20.4. The second-order valence-electron chi connectivity index (χ2n) is 7.45. The highest BCUT2D eigenvalue weighted by molar-refractivity contribution is 6.27. The zero-order valence-corrected chi connectivity index (χ0v) is 15.2. The van der Waals surface area contributed by atoms with Gasteiger partial charge in [-0.25, -0.2) is 0 Å². The largest absolute Gasteiger partial charge is 0.380 e. The van der Waals surface area contributed by atoms with Crippen molar-refractivity contribution in [3.8, 4) is 11.1 Å². The first-order valence-corrected chi connectivity index (χ1v) is 9.50. The average Bonchev–Trinajstić information content (AvgIpc) is 2.93. The molecule has 1 atom stereocenters. The maximum absolute atomic E-state index is 13.1. The van der Waals surface area contributed by atoms with E-state index in [4.69, 9.17) is 4.74 Å². The summed E-state index contributed by atoms with van der Waals surface area (Å²) in [5, 5.41) is 0. The van der Waals surface area contributed by atoms with Crippen LogP contribution in [-0.4, -0.2) is 18.7 Å². The Bertz CT molecular complexity index is 846. The Morgan fingerprint density at radius 2 is 1.62 bits per heavy atom. The van der Waals surface area contributed by atoms with Gasteiger partial charge in [0, 0.05) is 18.2 Å². The molecular formula is C23H24O3. The van der Waals surface area contributed by atoms with E-state index in [9.17, 15) is 9.59 Å². The van der Waals surface area contributed by atoms with Crippen LogP contribution >= 0.6 is 0 Å². The number of carbonyl (C=O) groups excluding carboxylic acids is 2. The fourth-order valence-corrected chi connectivity index (χ4v) is 4.56. The van der Waals surface area contributed by atoms with Gasteiger partial charge in [0.1, 0.15) is 0 Å². The number of hydrogen-bond donors (Lipinski definition) is 0. The summed E-state index contributed by atoms with van der Waals surface area (Å²) in [4.78, 5) is 25.9. The number of carbonyl (C=O) groups is 2. The number of hydrogen-bond acceptors (Lipinski definition) is 3. The molecule has 1 fully saturated rings. The molecule has 0 aliphatic heterocycles. The van der Waals surface area contributed by atoms with Gasteiger partial charge in [0.25, 0.3) is 0 Å². The summed E-state index contributed by atoms with van der Waals surface area (Å²) in [5.41, 5.74) is 4.32. The fraction of sp³-hybridized carbons (Fsp3) is 0.391. The van der Waals surface area contributed by atoms with Crippen molar-refractivity contribution in [3.05, 3.63) is 59.2 Å². The predicted octanol–water partition coefficient (Wildman–Crippen LogP) is 5.08. The Balaban J connectivity index is 1.70. The molecule has 0 bridgehead atoms. The second-order valence-corrected chi connectivity index (χ2v) is 7.45. The second kappa shape index (κ2) is 7.16. The third-order valence-corrected chi connectivity index (χ3v) is 5.86. The van der Waals surface area contributed by atoms with E-state index in [2.05, 4.69) is 0 Å². The topological polar surface area (TPSA) is 43.4 Å². The molecule has 2 aromatic carbocycles. The minimum absolute atomic E-state index is 0.0305. The summed E-state index contributed by atoms with van der Waals surface area (Å²) < 4.78 is 5.30. The molecule has 0 aromatic heterocycles. The van der Waals surface area contributed by atoms with E-state index in [1.54, 1.807) is 7.11 Å². The van der Waals surface area contributed by atoms with Gasteiger partial charge in [-0.05, 0) is 41.5 Å². The smallest absolute Gasteiger partial charge is 0.174 e. The predicted molar refractivity (Wildman–Crippen MR) is 101 cm³/mol. The molecule has 0 amide bonds. The number of rotatable bonds is 4. The van der Waals surface area contributed by atoms with Crippen LogP contribution < -0.4 is 0 Å². The molecule has 0 radical (unpaired) electrons. The lowest BCUT2D eigenvalue weighted by molar-refractivity contribution is 0.0757. The van der Waals surface area contributed by atoms with Crippen molar-refractivity contribution < 1.29 is 14.3 Å². The maximum Gasteiger partial charge on any atom is 0.174 e. The molecule has 1 saturated carbocycles. The Labute approximate surface area is 154 Å². The average molecular weight is 348 g/mol. The van der Waals surface area contributed by atoms with Crippen molar-refractivity contribution >= 4 is 11.6 Å². The molecule has 3 heteroatoms. The van der Waals surface area contributed by atoms with Gasteiger partial charge >= 0.3 is 0 Å². The van der Waals surface area contributed by atoms with Crippen LogP contribution in [0, 0.1) is 11.8 Å². The van der Waals surface area contributed by atoms with Gasteiger partial charge in [-0.15, -0.1) is 0 Å². The van der Waals surface area contributed by atoms with Crippen LogP contribution in [0.5, 0.6) is 0 Å². The molecule has 2 aromatic rings. The zero-order valence-electron chi connectivity index (χ0n) is 15.2. The first-order chi connectivity index (χ1) is 12.7. The fourth-order valence-electron chi connectivity index (χ4n) is 4.56. The van der Waals surface area contributed by atoms with E-state index >= 15 is 0 Å². The van der Waals surface area contributed by atoms with Crippen LogP contribution in [-0.2, 0) is 11.3 Å². The van der Waals surface area contributed by atoms with E-state index in [1.807, 2.05) is 42.5 Å². The van der Waals surface area contributed by atoms with Gasteiger partial charge in [-0.1, -0.05) is 55.7 Å². The third kappa shape index (κ3) is 2.90. The van der Waals surface area contributed by atoms with Crippen molar-refractivity contribution in [2.24, 2.45) is 11.8 Å². The monoisotopic (exact) mass is 348 g/mol. The van der Waals surface area contributed by atoms with Crippen molar-refractivity contribution in [1.82, 2.24) is 0 Å². The van der Waals surface area contributed by atoms with Crippen LogP contribution in [0.25, 0.3) is 11.1 Å². The quantitative estimate of drug-likeness (QED) is 0.724. The third-order valence-electron chi connectivity index (χ3n) is 5.86. The molecule has 2 aliphatic rings. The molecule has 26 heavy (non-hydrogen) atoms. The van der Waals surface area contributed by atoms with Crippen molar-refractivity contribution in [2.45, 2.75) is 38.7 Å². The number of methoxy groups -OCH3 is 1. The van der Waals surface area contributed by atoms with Crippen molar-refractivity contribution in [3.63, 3.8) is 0 Å². The van der Waals surface area contributed by atoms with Crippen LogP contribution in [0.4, 0.5) is 0 Å². The maximum atomic E-state index is 13.1. The summed E-state index contributed by atoms with van der Waals surface area (Å²) in [5.74, 6) is -0.160. The van der Waals surface area contributed by atoms with E-state index < -0.39 is 5.92 Å². The molecule has 134 valence electrons. The van der Waals surface area contributed by atoms with Gasteiger partial charge in [0.05, 0.1) is 12.5 Å². The number of benzene rings is 2. The molecule has 0 saturated heterocycles. The summed E-state index contributed by atoms with van der Waals surface area (Å²) in [6.45, 7) is 0.519. The van der Waals surface area contributed by atoms with Crippen molar-refractivity contribution in [2.75, 3.05) is 7.11 Å². The highest BCUT2D eigenvalue weighted by Gasteiger charge is 2.43. The standard InChI is InChI=1S/C23H24O3/c1-26-14-17-9-5-6-10-18(17)16-11-12-19-20(13-16)23(25)21(22(19)24)15-7-3-2-4-8-15/h5-6,9-13,15,21H,2-4,7-8,14H2,1H3. The van der Waals surface area contributed by atoms with Gasteiger partial charge in [0.2, 0.25) is 0 Å². The van der Waals surface area contributed by atoms with Crippen LogP contribution in [0.1, 0.15) is 58.4 Å². The Morgan fingerprint density at radius 1 is 0.885 bits per heavy atom. The molecule has 0 spiro atoms. The lowest BCUT2D eigenvalue weighted by Crippen LogP contribution is -2.27. The van der Waals surface area contributed by atoms with E-state index in [0.29, 0.717) is 17.7 Å². The first kappa shape index (κ1) is 17.2. The zero-order chi connectivity index (χ0) is 18.1. The number of fused-ring (bicyclic) bond motifs is 1. The van der Waals surface area contributed by atoms with Crippen LogP contribution in [0.15, 0.2) is 42.5 Å². The lowest BCUT2D eigenvalue weighted by Gasteiger charge is -2.25. The lowest BCUT2D eigenvalue weighted by atomic mass is 9.78. The summed E-state index contributed by atoms with van der Waals surface area (Å²) in [7, 11) is 1.68. The minimum Gasteiger partial charge on any atom is -0.380 e. The summed E-state index contributed by atoms with van der Waals surface area (Å²) in [6.07, 6.45) is 5.49. The van der Waals surface area contributed by atoms with Crippen LogP contribution in [0.3, 0.4) is 0 Å². The first-order valence-electron chi connectivity index (χ1n) is 9.50. The molecule has 0 heterocycles. The number of ketones is 2. The molecule has 2 aliphatic carbocycles. The van der Waals surface area contributed by atoms with E-state index in [0.717, 1.165) is 42.4 Å². The molecule has 3 nitrogen and oxygen atoms in total. The highest BCUT2D eigenvalue weighted by Crippen LogP contribution is 2.40. The highest BCUT2D eigenvalue weighted by atomic mass is 16.5. The van der Waals surface area contributed by atoms with Gasteiger partial charge in [0.15, 0.2) is 11.6 Å². The SMILES string of the molecule is COCc1ccccc1-c1ccc2c(c1)C(=O)C(C1CCCCC1)C2=O.